The van der Waals surface area contributed by atoms with Gasteiger partial charge in [-0.3, -0.25) is 0 Å². The van der Waals surface area contributed by atoms with Gasteiger partial charge in [0.15, 0.2) is 0 Å². The Morgan fingerprint density at radius 2 is 2.40 bits per heavy atom. The number of hydrogen-bond donors (Lipinski definition) is 0. The summed E-state index contributed by atoms with van der Waals surface area (Å²) in [7, 11) is 2.07. The van der Waals surface area contributed by atoms with Gasteiger partial charge in [-0.15, -0.1) is 0 Å². The lowest BCUT2D eigenvalue weighted by molar-refractivity contribution is 0.380. The Bertz CT molecular complexity index is 307. The molecule has 0 radical (unpaired) electrons. The lowest BCUT2D eigenvalue weighted by Crippen LogP contribution is -2.42. The molecule has 2 rings (SSSR count). The zero-order valence-electron chi connectivity index (χ0n) is 9.19. The molecule has 0 N–H and O–H groups in total. The lowest BCUT2D eigenvalue weighted by atomic mass is 9.91. The fourth-order valence-electron chi connectivity index (χ4n) is 2.01. The summed E-state index contributed by atoms with van der Waals surface area (Å²) in [6.45, 7) is 1.11. The highest BCUT2D eigenvalue weighted by Gasteiger charge is 2.26. The second-order valence-electron chi connectivity index (χ2n) is 4.16. The first kappa shape index (κ1) is 11.0. The molecule has 4 heteroatoms. The Balaban J connectivity index is 2.07. The first-order valence-corrected chi connectivity index (χ1v) is 6.75. The maximum Gasteiger partial charge on any atom is 0.205 e. The SMILES string of the molecule is Cn1ccnc1N(CCCBr)C1CCC1. The minimum absolute atomic E-state index is 0.727. The van der Waals surface area contributed by atoms with Crippen LogP contribution in [-0.2, 0) is 7.05 Å². The molecular weight excluding hydrogens is 254 g/mol. The van der Waals surface area contributed by atoms with E-state index in [-0.39, 0.29) is 0 Å². The van der Waals surface area contributed by atoms with Crippen LogP contribution >= 0.6 is 15.9 Å². The molecule has 1 fully saturated rings. The highest BCUT2D eigenvalue weighted by molar-refractivity contribution is 9.09. The van der Waals surface area contributed by atoms with Crippen molar-refractivity contribution in [1.82, 2.24) is 9.55 Å². The molecule has 0 aromatic carbocycles. The Morgan fingerprint density at radius 1 is 1.60 bits per heavy atom. The highest BCUT2D eigenvalue weighted by Crippen LogP contribution is 2.28. The first-order chi connectivity index (χ1) is 7.33. The summed E-state index contributed by atoms with van der Waals surface area (Å²) in [4.78, 5) is 6.91. The molecule has 15 heavy (non-hydrogen) atoms. The Labute approximate surface area is 99.6 Å². The molecule has 0 unspecified atom stereocenters. The van der Waals surface area contributed by atoms with E-state index in [0.29, 0.717) is 0 Å². The number of aryl methyl sites for hydroxylation is 1. The third-order valence-corrected chi connectivity index (χ3v) is 3.66. The molecule has 0 saturated heterocycles. The van der Waals surface area contributed by atoms with Gasteiger partial charge in [0.05, 0.1) is 0 Å². The van der Waals surface area contributed by atoms with Crippen molar-refractivity contribution < 1.29 is 0 Å². The van der Waals surface area contributed by atoms with Crippen LogP contribution in [0.4, 0.5) is 5.95 Å². The molecule has 1 aliphatic rings. The van der Waals surface area contributed by atoms with Crippen LogP contribution in [0.3, 0.4) is 0 Å². The van der Waals surface area contributed by atoms with Crippen LogP contribution in [0, 0.1) is 0 Å². The average Bonchev–Trinajstić information content (AvgIpc) is 2.55. The summed E-state index contributed by atoms with van der Waals surface area (Å²) in [5.41, 5.74) is 0. The summed E-state index contributed by atoms with van der Waals surface area (Å²) < 4.78 is 2.12. The number of aromatic nitrogens is 2. The molecule has 0 aliphatic heterocycles. The van der Waals surface area contributed by atoms with Crippen LogP contribution in [0.25, 0.3) is 0 Å². The van der Waals surface area contributed by atoms with Gasteiger partial charge >= 0.3 is 0 Å². The zero-order chi connectivity index (χ0) is 10.7. The third-order valence-electron chi connectivity index (χ3n) is 3.10. The normalized spacial score (nSPS) is 16.4. The van der Waals surface area contributed by atoms with Crippen LogP contribution in [0.1, 0.15) is 25.7 Å². The molecule has 0 amide bonds. The van der Waals surface area contributed by atoms with Crippen LogP contribution < -0.4 is 4.90 Å². The number of halogens is 1. The number of imidazole rings is 1. The number of rotatable bonds is 5. The van der Waals surface area contributed by atoms with Crippen molar-refractivity contribution in [2.45, 2.75) is 31.7 Å². The molecule has 3 nitrogen and oxygen atoms in total. The molecule has 0 bridgehead atoms. The van der Waals surface area contributed by atoms with Gasteiger partial charge in [-0.05, 0) is 25.7 Å². The van der Waals surface area contributed by atoms with Gasteiger partial charge in [-0.2, -0.15) is 0 Å². The fourth-order valence-corrected chi connectivity index (χ4v) is 2.26. The smallest absolute Gasteiger partial charge is 0.205 e. The molecule has 1 saturated carbocycles. The van der Waals surface area contributed by atoms with E-state index in [1.54, 1.807) is 0 Å². The second kappa shape index (κ2) is 5.01. The Kier molecular flexibility index (Phi) is 3.67. The Morgan fingerprint density at radius 3 is 2.87 bits per heavy atom. The summed E-state index contributed by atoms with van der Waals surface area (Å²) in [5, 5.41) is 1.07. The van der Waals surface area contributed by atoms with Crippen molar-refractivity contribution in [1.29, 1.82) is 0 Å². The predicted octanol–water partition coefficient (Wildman–Crippen LogP) is 2.56. The van der Waals surface area contributed by atoms with Crippen LogP contribution in [0.15, 0.2) is 12.4 Å². The maximum absolute atomic E-state index is 4.45. The van der Waals surface area contributed by atoms with Crippen molar-refractivity contribution in [3.63, 3.8) is 0 Å². The van der Waals surface area contributed by atoms with Gasteiger partial charge in [-0.25, -0.2) is 4.98 Å². The van der Waals surface area contributed by atoms with E-state index >= 15 is 0 Å². The summed E-state index contributed by atoms with van der Waals surface area (Å²) in [6, 6.07) is 0.727. The number of nitrogens with zero attached hydrogens (tertiary/aromatic N) is 3. The van der Waals surface area contributed by atoms with Crippen molar-refractivity contribution in [2.75, 3.05) is 16.8 Å². The lowest BCUT2D eigenvalue weighted by Gasteiger charge is -2.38. The molecule has 84 valence electrons. The van der Waals surface area contributed by atoms with E-state index in [2.05, 4.69) is 37.4 Å². The van der Waals surface area contributed by atoms with Crippen LogP contribution in [0.5, 0.6) is 0 Å². The fraction of sp³-hybridized carbons (Fsp3) is 0.727. The Hall–Kier alpha value is -0.510. The van der Waals surface area contributed by atoms with E-state index < -0.39 is 0 Å². The van der Waals surface area contributed by atoms with Crippen molar-refractivity contribution >= 4 is 21.9 Å². The predicted molar refractivity (Wildman–Crippen MR) is 66.6 cm³/mol. The summed E-state index contributed by atoms with van der Waals surface area (Å²) in [5.74, 6) is 1.13. The van der Waals surface area contributed by atoms with Crippen LogP contribution in [-0.4, -0.2) is 27.5 Å². The molecular formula is C11H18BrN3. The molecule has 0 spiro atoms. The zero-order valence-corrected chi connectivity index (χ0v) is 10.8. The molecule has 0 atom stereocenters. The van der Waals surface area contributed by atoms with Crippen molar-refractivity contribution in [2.24, 2.45) is 7.05 Å². The number of hydrogen-bond acceptors (Lipinski definition) is 2. The van der Waals surface area contributed by atoms with Crippen molar-refractivity contribution in [3.8, 4) is 0 Å². The van der Waals surface area contributed by atoms with Gasteiger partial charge in [0, 0.05) is 37.4 Å². The number of alkyl halides is 1. The van der Waals surface area contributed by atoms with Gasteiger partial charge in [0.1, 0.15) is 0 Å². The second-order valence-corrected chi connectivity index (χ2v) is 4.95. The largest absolute Gasteiger partial charge is 0.339 e. The highest BCUT2D eigenvalue weighted by atomic mass is 79.9. The third kappa shape index (κ3) is 2.36. The first-order valence-electron chi connectivity index (χ1n) is 5.63. The number of anilines is 1. The monoisotopic (exact) mass is 271 g/mol. The van der Waals surface area contributed by atoms with E-state index in [1.165, 1.54) is 25.7 Å². The minimum Gasteiger partial charge on any atom is -0.339 e. The maximum atomic E-state index is 4.45. The quantitative estimate of drug-likeness (QED) is 0.768. The van der Waals surface area contributed by atoms with Gasteiger partial charge in [0.2, 0.25) is 5.95 Å². The van der Waals surface area contributed by atoms with E-state index in [1.807, 2.05) is 12.4 Å². The van der Waals surface area contributed by atoms with E-state index in [0.717, 1.165) is 23.9 Å². The van der Waals surface area contributed by atoms with Crippen LogP contribution in [0.2, 0.25) is 0 Å². The van der Waals surface area contributed by atoms with Gasteiger partial charge in [0.25, 0.3) is 0 Å². The minimum atomic E-state index is 0.727. The van der Waals surface area contributed by atoms with Gasteiger partial charge in [-0.1, -0.05) is 15.9 Å². The molecule has 1 aliphatic carbocycles. The molecule has 1 aromatic heterocycles. The standard InChI is InChI=1S/C11H18BrN3/c1-14-9-7-13-11(14)15(8-3-6-12)10-4-2-5-10/h7,9-10H,2-6,8H2,1H3. The molecule has 1 heterocycles. The van der Waals surface area contributed by atoms with E-state index in [4.69, 9.17) is 0 Å². The molecule has 1 aromatic rings. The van der Waals surface area contributed by atoms with Crippen molar-refractivity contribution in [3.05, 3.63) is 12.4 Å². The summed E-state index contributed by atoms with van der Waals surface area (Å²) >= 11 is 3.49. The summed E-state index contributed by atoms with van der Waals surface area (Å²) in [6.07, 6.45) is 9.12. The average molecular weight is 272 g/mol. The van der Waals surface area contributed by atoms with E-state index in [9.17, 15) is 0 Å². The van der Waals surface area contributed by atoms with Gasteiger partial charge < -0.3 is 9.47 Å². The topological polar surface area (TPSA) is 21.1 Å².